The van der Waals surface area contributed by atoms with E-state index in [-0.39, 0.29) is 11.1 Å². The quantitative estimate of drug-likeness (QED) is 0.438. The molecule has 0 aliphatic heterocycles. The third-order valence-electron chi connectivity index (χ3n) is 4.11. The summed E-state index contributed by atoms with van der Waals surface area (Å²) in [5.41, 5.74) is 7.97. The first-order chi connectivity index (χ1) is 11.6. The number of H-pyrrole nitrogens is 1. The molecule has 0 saturated heterocycles. The zero-order valence-electron chi connectivity index (χ0n) is 14.5. The third kappa shape index (κ3) is 4.16. The van der Waals surface area contributed by atoms with Crippen LogP contribution < -0.4 is 11.2 Å². The Balaban J connectivity index is 2.35. The first-order valence-electron chi connectivity index (χ1n) is 8.70. The molecule has 0 amide bonds. The Morgan fingerprint density at radius 1 is 1.17 bits per heavy atom. The van der Waals surface area contributed by atoms with Gasteiger partial charge in [0.25, 0.3) is 0 Å². The first kappa shape index (κ1) is 18.0. The average molecular weight is 330 g/mol. The number of nitrogen functional groups attached to an aromatic ring is 1. The lowest BCUT2D eigenvalue weighted by atomic mass is 10.0. The maximum atomic E-state index is 12.4. The minimum absolute atomic E-state index is 0.187. The number of rotatable bonds is 8. The highest BCUT2D eigenvalue weighted by molar-refractivity contribution is 5.96. The lowest BCUT2D eigenvalue weighted by Crippen LogP contribution is -2.15. The summed E-state index contributed by atoms with van der Waals surface area (Å²) in [6.07, 6.45) is 5.79. The fraction of sp³-hybridized carbons (Fsp3) is 0.474. The molecular formula is C19H26N2O3. The predicted octanol–water partition coefficient (Wildman–Crippen LogP) is 3.80. The molecule has 1 aromatic heterocycles. The van der Waals surface area contributed by atoms with Gasteiger partial charge in [-0.2, -0.15) is 0 Å². The third-order valence-corrected chi connectivity index (χ3v) is 4.11. The molecule has 130 valence electrons. The van der Waals surface area contributed by atoms with Crippen LogP contribution in [0, 0.1) is 0 Å². The molecule has 0 aliphatic rings. The van der Waals surface area contributed by atoms with Crippen molar-refractivity contribution in [2.45, 2.75) is 52.4 Å². The summed E-state index contributed by atoms with van der Waals surface area (Å²) in [5, 5.41) is 0.450. The summed E-state index contributed by atoms with van der Waals surface area (Å²) < 4.78 is 5.24. The summed E-state index contributed by atoms with van der Waals surface area (Å²) >= 11 is 0. The van der Waals surface area contributed by atoms with E-state index in [0.717, 1.165) is 44.1 Å². The van der Waals surface area contributed by atoms with Gasteiger partial charge in [0, 0.05) is 11.8 Å². The van der Waals surface area contributed by atoms with Crippen molar-refractivity contribution in [1.29, 1.82) is 0 Å². The normalized spacial score (nSPS) is 10.9. The van der Waals surface area contributed by atoms with Crippen molar-refractivity contribution in [1.82, 2.24) is 4.98 Å². The molecule has 0 bridgehead atoms. The molecule has 0 unspecified atom stereocenters. The number of aromatic nitrogens is 1. The molecule has 1 aromatic carbocycles. The van der Waals surface area contributed by atoms with Crippen LogP contribution in [-0.2, 0) is 11.2 Å². The number of aromatic amines is 1. The minimum Gasteiger partial charge on any atom is -0.461 e. The first-order valence-corrected chi connectivity index (χ1v) is 8.70. The Bertz CT molecular complexity index is 765. The van der Waals surface area contributed by atoms with Crippen LogP contribution in [0.25, 0.3) is 10.9 Å². The number of pyridine rings is 1. The Morgan fingerprint density at radius 3 is 2.62 bits per heavy atom. The van der Waals surface area contributed by atoms with Crippen LogP contribution in [0.5, 0.6) is 0 Å². The molecule has 0 radical (unpaired) electrons. The van der Waals surface area contributed by atoms with E-state index in [1.54, 1.807) is 6.07 Å². The van der Waals surface area contributed by atoms with Gasteiger partial charge in [-0.15, -0.1) is 0 Å². The highest BCUT2D eigenvalue weighted by Crippen LogP contribution is 2.22. The van der Waals surface area contributed by atoms with Crippen molar-refractivity contribution in [3.05, 3.63) is 39.7 Å². The summed E-state index contributed by atoms with van der Waals surface area (Å²) in [6.45, 7) is 4.57. The predicted molar refractivity (Wildman–Crippen MR) is 97.4 cm³/mol. The van der Waals surface area contributed by atoms with Gasteiger partial charge in [0.15, 0.2) is 5.43 Å². The largest absolute Gasteiger partial charge is 0.461 e. The minimum atomic E-state index is -0.492. The van der Waals surface area contributed by atoms with Gasteiger partial charge in [-0.3, -0.25) is 4.79 Å². The molecule has 5 nitrogen and oxygen atoms in total. The van der Waals surface area contributed by atoms with E-state index in [4.69, 9.17) is 10.5 Å². The Morgan fingerprint density at radius 2 is 1.92 bits per heavy atom. The highest BCUT2D eigenvalue weighted by Gasteiger charge is 2.14. The van der Waals surface area contributed by atoms with Crippen LogP contribution in [0.3, 0.4) is 0 Å². The van der Waals surface area contributed by atoms with Gasteiger partial charge >= 0.3 is 5.97 Å². The average Bonchev–Trinajstić information content (AvgIpc) is 2.57. The molecule has 2 aromatic rings. The summed E-state index contributed by atoms with van der Waals surface area (Å²) in [5.74, 6) is -0.492. The number of nitrogens with two attached hydrogens (primary N) is 1. The number of anilines is 1. The molecule has 0 fully saturated rings. The van der Waals surface area contributed by atoms with Gasteiger partial charge in [-0.25, -0.2) is 4.79 Å². The second-order valence-corrected chi connectivity index (χ2v) is 6.06. The second kappa shape index (κ2) is 8.52. The van der Waals surface area contributed by atoms with Gasteiger partial charge in [-0.05, 0) is 30.9 Å². The van der Waals surface area contributed by atoms with Gasteiger partial charge in [0.2, 0.25) is 0 Å². The number of nitrogens with one attached hydrogen (secondary N) is 1. The lowest BCUT2D eigenvalue weighted by molar-refractivity contribution is 0.0491. The van der Waals surface area contributed by atoms with Gasteiger partial charge in [-0.1, -0.05) is 39.2 Å². The fourth-order valence-electron chi connectivity index (χ4n) is 2.72. The lowest BCUT2D eigenvalue weighted by Gasteiger charge is -2.10. The van der Waals surface area contributed by atoms with Crippen LogP contribution in [-0.4, -0.2) is 17.6 Å². The summed E-state index contributed by atoms with van der Waals surface area (Å²) in [6, 6.07) is 4.95. The molecule has 0 aliphatic carbocycles. The van der Waals surface area contributed by atoms with E-state index in [1.165, 1.54) is 6.07 Å². The molecule has 0 saturated carbocycles. The number of hydrogen-bond donors (Lipinski definition) is 2. The fourth-order valence-corrected chi connectivity index (χ4v) is 2.72. The zero-order valence-corrected chi connectivity index (χ0v) is 14.5. The zero-order chi connectivity index (χ0) is 17.5. The van der Waals surface area contributed by atoms with Crippen LogP contribution in [0.4, 0.5) is 5.69 Å². The Kier molecular flexibility index (Phi) is 6.41. The molecule has 3 N–H and O–H groups in total. The Labute approximate surface area is 142 Å². The number of carbonyl (C=O) groups is 1. The maximum Gasteiger partial charge on any atom is 0.354 e. The van der Waals surface area contributed by atoms with Crippen molar-refractivity contribution in [2.24, 2.45) is 0 Å². The van der Waals surface area contributed by atoms with E-state index in [1.807, 2.05) is 6.07 Å². The maximum absolute atomic E-state index is 12.4. The van der Waals surface area contributed by atoms with Crippen molar-refractivity contribution in [3.8, 4) is 0 Å². The van der Waals surface area contributed by atoms with E-state index in [0.29, 0.717) is 23.2 Å². The van der Waals surface area contributed by atoms with Crippen LogP contribution >= 0.6 is 0 Å². The van der Waals surface area contributed by atoms with Crippen molar-refractivity contribution < 1.29 is 9.53 Å². The van der Waals surface area contributed by atoms with E-state index < -0.39 is 5.97 Å². The summed E-state index contributed by atoms with van der Waals surface area (Å²) in [4.78, 5) is 27.7. The second-order valence-electron chi connectivity index (χ2n) is 6.06. The number of fused-ring (bicyclic) bond motifs is 1. The number of unbranched alkanes of at least 4 members (excludes halogenated alkanes) is 3. The molecule has 0 atom stereocenters. The number of ether oxygens (including phenoxy) is 1. The molecule has 0 spiro atoms. The van der Waals surface area contributed by atoms with Crippen LogP contribution in [0.2, 0.25) is 0 Å². The molecular weight excluding hydrogens is 304 g/mol. The van der Waals surface area contributed by atoms with E-state index in [9.17, 15) is 9.59 Å². The number of carbonyl (C=O) groups excluding carboxylic acids is 1. The SMILES string of the molecule is CCCCCOC(=O)c1cc(=O)c2c(N)ccc(CCCC)c2[nH]1. The smallest absolute Gasteiger partial charge is 0.354 e. The van der Waals surface area contributed by atoms with Crippen LogP contribution in [0.15, 0.2) is 23.0 Å². The van der Waals surface area contributed by atoms with Crippen molar-refractivity contribution in [2.75, 3.05) is 12.3 Å². The Hall–Kier alpha value is -2.30. The highest BCUT2D eigenvalue weighted by atomic mass is 16.5. The van der Waals surface area contributed by atoms with Crippen LogP contribution in [0.1, 0.15) is 62.0 Å². The topological polar surface area (TPSA) is 85.2 Å². The number of esters is 1. The molecule has 1 heterocycles. The standard InChI is InChI=1S/C19H26N2O3/c1-3-5-7-11-24-19(23)15-12-16(22)17-14(20)10-9-13(8-6-4-2)18(17)21-15/h9-10,12H,3-8,11,20H2,1-2H3,(H,21,22). The van der Waals surface area contributed by atoms with Crippen molar-refractivity contribution in [3.63, 3.8) is 0 Å². The van der Waals surface area contributed by atoms with Gasteiger partial charge in [0.1, 0.15) is 5.69 Å². The van der Waals surface area contributed by atoms with E-state index in [2.05, 4.69) is 18.8 Å². The molecule has 2 rings (SSSR count). The number of benzene rings is 1. The molecule has 24 heavy (non-hydrogen) atoms. The summed E-state index contributed by atoms with van der Waals surface area (Å²) in [7, 11) is 0. The van der Waals surface area contributed by atoms with E-state index >= 15 is 0 Å². The number of aryl methyl sites for hydroxylation is 1. The molecule has 5 heteroatoms. The number of hydrogen-bond acceptors (Lipinski definition) is 4. The van der Waals surface area contributed by atoms with Gasteiger partial charge in [0.05, 0.1) is 17.5 Å². The monoisotopic (exact) mass is 330 g/mol. The van der Waals surface area contributed by atoms with Gasteiger partial charge < -0.3 is 15.5 Å². The van der Waals surface area contributed by atoms with Crippen molar-refractivity contribution >= 4 is 22.6 Å².